The van der Waals surface area contributed by atoms with Crippen LogP contribution in [0.15, 0.2) is 17.7 Å². The molecule has 6 heteroatoms. The summed E-state index contributed by atoms with van der Waals surface area (Å²) in [5.74, 6) is 2.11. The summed E-state index contributed by atoms with van der Waals surface area (Å²) in [6.07, 6.45) is 5.44. The molecule has 6 atom stereocenters. The van der Waals surface area contributed by atoms with Crippen molar-refractivity contribution in [3.8, 4) is 0 Å². The van der Waals surface area contributed by atoms with Crippen molar-refractivity contribution in [1.82, 2.24) is 9.78 Å². The average Bonchev–Trinajstić information content (AvgIpc) is 3.21. The van der Waals surface area contributed by atoms with E-state index < -0.39 is 11.9 Å². The van der Waals surface area contributed by atoms with Crippen LogP contribution in [0.1, 0.15) is 82.5 Å². The summed E-state index contributed by atoms with van der Waals surface area (Å²) in [6.45, 7) is 4.68. The first-order valence-electron chi connectivity index (χ1n) is 11.4. The second-order valence-corrected chi connectivity index (χ2v) is 10.7. The van der Waals surface area contributed by atoms with Crippen molar-refractivity contribution in [3.63, 3.8) is 0 Å². The van der Waals surface area contributed by atoms with Crippen LogP contribution in [0.25, 0.3) is 0 Å². The van der Waals surface area contributed by atoms with Gasteiger partial charge in [0.1, 0.15) is 5.69 Å². The van der Waals surface area contributed by atoms with Crippen LogP contribution >= 0.6 is 0 Å². The Morgan fingerprint density at radius 1 is 1.07 bits per heavy atom. The van der Waals surface area contributed by atoms with Crippen LogP contribution in [0.5, 0.6) is 0 Å². The molecule has 0 spiro atoms. The lowest BCUT2D eigenvalue weighted by atomic mass is 9.47. The maximum atomic E-state index is 13.3. The van der Waals surface area contributed by atoms with Gasteiger partial charge in [-0.1, -0.05) is 19.4 Å². The first kappa shape index (κ1) is 20.3. The van der Waals surface area contributed by atoms with Gasteiger partial charge in [0.2, 0.25) is 0 Å². The lowest BCUT2D eigenvalue weighted by molar-refractivity contribution is -0.143. The molecule has 3 nitrogen and oxygen atoms in total. The van der Waals surface area contributed by atoms with Gasteiger partial charge in [0, 0.05) is 19.4 Å². The Labute approximate surface area is 176 Å². The molecule has 0 N–H and O–H groups in total. The van der Waals surface area contributed by atoms with Gasteiger partial charge in [0.05, 0.1) is 5.69 Å². The molecule has 0 bridgehead atoms. The fourth-order valence-electron chi connectivity index (χ4n) is 7.97. The molecule has 4 aliphatic rings. The molecule has 0 radical (unpaired) electrons. The molecular weight excluding hydrogens is 389 g/mol. The molecule has 3 saturated carbocycles. The van der Waals surface area contributed by atoms with Gasteiger partial charge in [-0.2, -0.15) is 18.3 Å². The summed E-state index contributed by atoms with van der Waals surface area (Å²) in [5.41, 5.74) is 1.48. The van der Waals surface area contributed by atoms with Gasteiger partial charge >= 0.3 is 6.18 Å². The van der Waals surface area contributed by atoms with Gasteiger partial charge < -0.3 is 0 Å². The number of ketones is 1. The molecule has 1 heterocycles. The van der Waals surface area contributed by atoms with E-state index in [0.717, 1.165) is 49.6 Å². The van der Waals surface area contributed by atoms with E-state index in [9.17, 15) is 18.0 Å². The van der Waals surface area contributed by atoms with Crippen LogP contribution in [0.4, 0.5) is 13.2 Å². The summed E-state index contributed by atoms with van der Waals surface area (Å²) in [6, 6.07) is 1.29. The number of allylic oxidation sites excluding steroid dienone is 1. The highest BCUT2D eigenvalue weighted by atomic mass is 19.4. The standard InChI is InChI=1S/C24H31F3N2O/c1-22-10-8-15(30)12-14(22)4-5-16-17-6-7-19(23(17,2)11-9-18(16)22)20-13-21(24(25,26)27)29(3)28-20/h12-13,16-19H,4-11H2,1-3H3. The minimum Gasteiger partial charge on any atom is -0.295 e. The summed E-state index contributed by atoms with van der Waals surface area (Å²) in [4.78, 5) is 12.0. The van der Waals surface area contributed by atoms with Crippen LogP contribution in [0, 0.1) is 28.6 Å². The molecular formula is C24H31F3N2O. The van der Waals surface area contributed by atoms with E-state index in [1.54, 1.807) is 0 Å². The number of rotatable bonds is 1. The number of aromatic nitrogens is 2. The van der Waals surface area contributed by atoms with Crippen LogP contribution < -0.4 is 0 Å². The zero-order valence-electron chi connectivity index (χ0n) is 18.1. The molecule has 30 heavy (non-hydrogen) atoms. The van der Waals surface area contributed by atoms with Crippen LogP contribution in [0.3, 0.4) is 0 Å². The Kier molecular flexibility index (Phi) is 4.37. The Morgan fingerprint density at radius 3 is 2.53 bits per heavy atom. The maximum Gasteiger partial charge on any atom is 0.433 e. The van der Waals surface area contributed by atoms with Crippen molar-refractivity contribution >= 4 is 5.78 Å². The Bertz CT molecular complexity index is 916. The highest BCUT2D eigenvalue weighted by Crippen LogP contribution is 2.68. The number of hydrogen-bond donors (Lipinski definition) is 0. The summed E-state index contributed by atoms with van der Waals surface area (Å²) >= 11 is 0. The quantitative estimate of drug-likeness (QED) is 0.554. The highest BCUT2D eigenvalue weighted by molar-refractivity contribution is 5.91. The third kappa shape index (κ3) is 2.77. The van der Waals surface area contributed by atoms with E-state index in [0.29, 0.717) is 29.9 Å². The van der Waals surface area contributed by atoms with Crippen molar-refractivity contribution in [3.05, 3.63) is 29.1 Å². The van der Waals surface area contributed by atoms with Gasteiger partial charge in [-0.3, -0.25) is 9.48 Å². The second kappa shape index (κ2) is 6.46. The van der Waals surface area contributed by atoms with Crippen molar-refractivity contribution < 1.29 is 18.0 Å². The molecule has 1 aromatic heterocycles. The molecule has 0 saturated heterocycles. The van der Waals surface area contributed by atoms with Crippen LogP contribution in [-0.2, 0) is 18.0 Å². The van der Waals surface area contributed by atoms with Gasteiger partial charge in [0.15, 0.2) is 5.78 Å². The predicted octanol–water partition coefficient (Wildman–Crippen LogP) is 6.05. The average molecular weight is 421 g/mol. The lowest BCUT2D eigenvalue weighted by Gasteiger charge is -2.58. The monoisotopic (exact) mass is 420 g/mol. The maximum absolute atomic E-state index is 13.3. The topological polar surface area (TPSA) is 34.9 Å². The Balaban J connectivity index is 1.45. The van der Waals surface area contributed by atoms with Crippen LogP contribution in [-0.4, -0.2) is 15.6 Å². The molecule has 3 fully saturated rings. The van der Waals surface area contributed by atoms with E-state index in [4.69, 9.17) is 0 Å². The molecule has 4 aliphatic carbocycles. The predicted molar refractivity (Wildman–Crippen MR) is 108 cm³/mol. The normalized spacial score (nSPS) is 41.1. The van der Waals surface area contributed by atoms with Crippen molar-refractivity contribution in [1.29, 1.82) is 0 Å². The lowest BCUT2D eigenvalue weighted by Crippen LogP contribution is -2.50. The minimum absolute atomic E-state index is 0.0143. The third-order valence-corrected chi connectivity index (χ3v) is 9.51. The smallest absolute Gasteiger partial charge is 0.295 e. The van der Waals surface area contributed by atoms with Gasteiger partial charge in [-0.05, 0) is 85.7 Å². The van der Waals surface area contributed by atoms with E-state index in [2.05, 4.69) is 18.9 Å². The molecule has 164 valence electrons. The Morgan fingerprint density at radius 2 is 1.83 bits per heavy atom. The Hall–Kier alpha value is -1.59. The SMILES string of the molecule is Cn1nc(C2CCC3C4CCC5=CC(=O)CCC5(C)C4CCC23C)cc1C(F)(F)F. The van der Waals surface area contributed by atoms with Gasteiger partial charge in [-0.15, -0.1) is 0 Å². The number of halogens is 3. The fraction of sp³-hybridized carbons (Fsp3) is 0.750. The summed E-state index contributed by atoms with van der Waals surface area (Å²) in [7, 11) is 1.40. The molecule has 1 aromatic rings. The zero-order chi connectivity index (χ0) is 21.5. The van der Waals surface area contributed by atoms with E-state index in [1.807, 2.05) is 6.08 Å². The minimum atomic E-state index is -4.37. The molecule has 6 unspecified atom stereocenters. The molecule has 0 aromatic carbocycles. The van der Waals surface area contributed by atoms with E-state index in [-0.39, 0.29) is 22.5 Å². The number of carbonyl (C=O) groups is 1. The molecule has 0 aliphatic heterocycles. The van der Waals surface area contributed by atoms with Crippen molar-refractivity contribution in [2.75, 3.05) is 0 Å². The largest absolute Gasteiger partial charge is 0.433 e. The van der Waals surface area contributed by atoms with Gasteiger partial charge in [0.25, 0.3) is 0 Å². The zero-order valence-corrected chi connectivity index (χ0v) is 18.1. The number of fused-ring (bicyclic) bond motifs is 5. The highest BCUT2D eigenvalue weighted by Gasteiger charge is 2.59. The first-order chi connectivity index (χ1) is 14.0. The first-order valence-corrected chi connectivity index (χ1v) is 11.4. The number of carbonyl (C=O) groups excluding carboxylic acids is 1. The van der Waals surface area contributed by atoms with Crippen molar-refractivity contribution in [2.24, 2.45) is 35.6 Å². The van der Waals surface area contributed by atoms with Gasteiger partial charge in [-0.25, -0.2) is 0 Å². The van der Waals surface area contributed by atoms with Crippen molar-refractivity contribution in [2.45, 2.75) is 77.3 Å². The third-order valence-electron chi connectivity index (χ3n) is 9.51. The number of hydrogen-bond acceptors (Lipinski definition) is 2. The number of alkyl halides is 3. The molecule has 0 amide bonds. The fourth-order valence-corrected chi connectivity index (χ4v) is 7.97. The number of aryl methyl sites for hydroxylation is 1. The summed E-state index contributed by atoms with van der Waals surface area (Å²) < 4.78 is 41.0. The second-order valence-electron chi connectivity index (χ2n) is 10.7. The van der Waals surface area contributed by atoms with Crippen LogP contribution in [0.2, 0.25) is 0 Å². The van der Waals surface area contributed by atoms with E-state index in [1.165, 1.54) is 18.7 Å². The molecule has 5 rings (SSSR count). The van der Waals surface area contributed by atoms with E-state index >= 15 is 0 Å². The number of nitrogens with zero attached hydrogens (tertiary/aromatic N) is 2. The summed E-state index contributed by atoms with van der Waals surface area (Å²) in [5, 5.41) is 4.34.